The van der Waals surface area contributed by atoms with Crippen molar-refractivity contribution < 1.29 is 4.74 Å². The first-order chi connectivity index (χ1) is 11.7. The second-order valence-corrected chi connectivity index (χ2v) is 6.43. The van der Waals surface area contributed by atoms with E-state index < -0.39 is 0 Å². The standard InChI is InChI=1S/C19H18ClN3O/c1-13-4-6-16(20)15-5-7-18(22-19(13)15)23-9-10-24-17(12-23)14-3-2-8-21-11-14/h2-8,11,17H,9-10,12H2,1H3. The van der Waals surface area contributed by atoms with Crippen molar-refractivity contribution in [2.45, 2.75) is 13.0 Å². The minimum Gasteiger partial charge on any atom is -0.370 e. The molecular formula is C19H18ClN3O. The van der Waals surface area contributed by atoms with Crippen LogP contribution in [0.3, 0.4) is 0 Å². The molecule has 1 unspecified atom stereocenters. The molecule has 4 nitrogen and oxygen atoms in total. The lowest BCUT2D eigenvalue weighted by molar-refractivity contribution is 0.0393. The fraction of sp³-hybridized carbons (Fsp3) is 0.263. The fourth-order valence-electron chi connectivity index (χ4n) is 3.11. The van der Waals surface area contributed by atoms with Gasteiger partial charge in [-0.05, 0) is 36.8 Å². The highest BCUT2D eigenvalue weighted by Crippen LogP contribution is 2.29. The van der Waals surface area contributed by atoms with Gasteiger partial charge in [0.1, 0.15) is 11.9 Å². The van der Waals surface area contributed by atoms with Crippen LogP contribution in [0.1, 0.15) is 17.2 Å². The number of anilines is 1. The third kappa shape index (κ3) is 2.83. The second kappa shape index (κ2) is 6.38. The molecule has 0 radical (unpaired) electrons. The van der Waals surface area contributed by atoms with E-state index in [1.54, 1.807) is 6.20 Å². The summed E-state index contributed by atoms with van der Waals surface area (Å²) in [7, 11) is 0. The quantitative estimate of drug-likeness (QED) is 0.702. The molecule has 1 saturated heterocycles. The Balaban J connectivity index is 1.66. The van der Waals surface area contributed by atoms with Crippen LogP contribution >= 0.6 is 11.6 Å². The monoisotopic (exact) mass is 339 g/mol. The third-order valence-corrected chi connectivity index (χ3v) is 4.77. The molecule has 0 saturated carbocycles. The van der Waals surface area contributed by atoms with E-state index in [0.29, 0.717) is 6.61 Å². The molecule has 1 aliphatic heterocycles. The average molecular weight is 340 g/mol. The molecule has 1 aliphatic rings. The summed E-state index contributed by atoms with van der Waals surface area (Å²) in [4.78, 5) is 11.3. The van der Waals surface area contributed by atoms with Crippen molar-refractivity contribution in [1.82, 2.24) is 9.97 Å². The predicted molar refractivity (Wildman–Crippen MR) is 96.6 cm³/mol. The van der Waals surface area contributed by atoms with Crippen molar-refractivity contribution in [2.24, 2.45) is 0 Å². The van der Waals surface area contributed by atoms with E-state index in [9.17, 15) is 0 Å². The highest BCUT2D eigenvalue weighted by molar-refractivity contribution is 6.35. The van der Waals surface area contributed by atoms with E-state index in [4.69, 9.17) is 21.3 Å². The number of nitrogens with zero attached hydrogens (tertiary/aromatic N) is 3. The fourth-order valence-corrected chi connectivity index (χ4v) is 3.33. The number of ether oxygens (including phenoxy) is 1. The summed E-state index contributed by atoms with van der Waals surface area (Å²) in [5, 5.41) is 1.74. The summed E-state index contributed by atoms with van der Waals surface area (Å²) in [5.41, 5.74) is 3.19. The van der Waals surface area contributed by atoms with Crippen molar-refractivity contribution in [3.8, 4) is 0 Å². The van der Waals surface area contributed by atoms with Gasteiger partial charge in [-0.15, -0.1) is 0 Å². The molecule has 122 valence electrons. The van der Waals surface area contributed by atoms with Crippen LogP contribution in [0.4, 0.5) is 5.82 Å². The molecule has 0 N–H and O–H groups in total. The lowest BCUT2D eigenvalue weighted by atomic mass is 10.1. The number of aryl methyl sites for hydroxylation is 1. The number of pyridine rings is 2. The summed E-state index contributed by atoms with van der Waals surface area (Å²) in [5.74, 6) is 0.963. The first-order valence-electron chi connectivity index (χ1n) is 8.05. The van der Waals surface area contributed by atoms with Crippen LogP contribution in [-0.4, -0.2) is 29.7 Å². The Hall–Kier alpha value is -2.17. The lowest BCUT2D eigenvalue weighted by Gasteiger charge is -2.34. The molecule has 0 aliphatic carbocycles. The van der Waals surface area contributed by atoms with E-state index >= 15 is 0 Å². The molecule has 4 rings (SSSR count). The Morgan fingerprint density at radius 2 is 2.12 bits per heavy atom. The largest absolute Gasteiger partial charge is 0.370 e. The molecular weight excluding hydrogens is 322 g/mol. The summed E-state index contributed by atoms with van der Waals surface area (Å²) < 4.78 is 5.92. The first-order valence-corrected chi connectivity index (χ1v) is 8.42. The van der Waals surface area contributed by atoms with Crippen molar-refractivity contribution in [3.05, 3.63) is 64.9 Å². The number of halogens is 1. The van der Waals surface area contributed by atoms with Crippen molar-refractivity contribution in [3.63, 3.8) is 0 Å². The second-order valence-electron chi connectivity index (χ2n) is 6.02. The summed E-state index contributed by atoms with van der Waals surface area (Å²) in [6.45, 7) is 4.33. The summed E-state index contributed by atoms with van der Waals surface area (Å²) in [6, 6.07) is 12.0. The van der Waals surface area contributed by atoms with Gasteiger partial charge in [-0.2, -0.15) is 0 Å². The van der Waals surface area contributed by atoms with Crippen LogP contribution in [0.2, 0.25) is 5.02 Å². The van der Waals surface area contributed by atoms with Gasteiger partial charge in [0.2, 0.25) is 0 Å². The normalized spacial score (nSPS) is 18.1. The number of aromatic nitrogens is 2. The molecule has 2 aromatic heterocycles. The van der Waals surface area contributed by atoms with Crippen LogP contribution in [0.25, 0.3) is 10.9 Å². The maximum Gasteiger partial charge on any atom is 0.129 e. The van der Waals surface area contributed by atoms with E-state index in [2.05, 4.69) is 28.9 Å². The molecule has 0 amide bonds. The Morgan fingerprint density at radius 3 is 2.96 bits per heavy atom. The Kier molecular flexibility index (Phi) is 4.08. The van der Waals surface area contributed by atoms with Crippen LogP contribution in [0.15, 0.2) is 48.8 Å². The number of hydrogen-bond acceptors (Lipinski definition) is 4. The molecule has 3 aromatic rings. The van der Waals surface area contributed by atoms with Gasteiger partial charge in [-0.25, -0.2) is 4.98 Å². The molecule has 24 heavy (non-hydrogen) atoms. The van der Waals surface area contributed by atoms with Gasteiger partial charge in [0.25, 0.3) is 0 Å². The molecule has 1 fully saturated rings. The van der Waals surface area contributed by atoms with Gasteiger partial charge in [-0.3, -0.25) is 4.98 Å². The van der Waals surface area contributed by atoms with E-state index in [1.807, 2.05) is 30.5 Å². The average Bonchev–Trinajstić information content (AvgIpc) is 2.65. The maximum absolute atomic E-state index is 6.29. The zero-order valence-electron chi connectivity index (χ0n) is 13.4. The lowest BCUT2D eigenvalue weighted by Crippen LogP contribution is -2.38. The van der Waals surface area contributed by atoms with E-state index in [0.717, 1.165) is 46.0 Å². The first kappa shape index (κ1) is 15.4. The smallest absolute Gasteiger partial charge is 0.129 e. The number of fused-ring (bicyclic) bond motifs is 1. The number of rotatable bonds is 2. The SMILES string of the molecule is Cc1ccc(Cl)c2ccc(N3CCOC(c4cccnc4)C3)nc12. The van der Waals surface area contributed by atoms with Crippen LogP contribution < -0.4 is 4.90 Å². The van der Waals surface area contributed by atoms with Crippen molar-refractivity contribution in [1.29, 1.82) is 0 Å². The predicted octanol–water partition coefficient (Wildman–Crippen LogP) is 4.17. The minimum atomic E-state index is 0.0189. The highest BCUT2D eigenvalue weighted by Gasteiger charge is 2.23. The van der Waals surface area contributed by atoms with E-state index in [-0.39, 0.29) is 6.10 Å². The molecule has 0 bridgehead atoms. The third-order valence-electron chi connectivity index (χ3n) is 4.44. The van der Waals surface area contributed by atoms with Gasteiger partial charge in [0.15, 0.2) is 0 Å². The highest BCUT2D eigenvalue weighted by atomic mass is 35.5. The molecule has 1 aromatic carbocycles. The molecule has 1 atom stereocenters. The topological polar surface area (TPSA) is 38.2 Å². The van der Waals surface area contributed by atoms with Gasteiger partial charge in [0, 0.05) is 41.5 Å². The van der Waals surface area contributed by atoms with Gasteiger partial charge < -0.3 is 9.64 Å². The molecule has 3 heterocycles. The summed E-state index contributed by atoms with van der Waals surface area (Å²) in [6.07, 6.45) is 3.67. The summed E-state index contributed by atoms with van der Waals surface area (Å²) >= 11 is 6.29. The zero-order chi connectivity index (χ0) is 16.5. The van der Waals surface area contributed by atoms with Crippen LogP contribution in [0, 0.1) is 6.92 Å². The molecule has 0 spiro atoms. The Morgan fingerprint density at radius 1 is 1.21 bits per heavy atom. The van der Waals surface area contributed by atoms with Crippen molar-refractivity contribution >= 4 is 28.3 Å². The minimum absolute atomic E-state index is 0.0189. The number of benzene rings is 1. The maximum atomic E-state index is 6.29. The number of morpholine rings is 1. The zero-order valence-corrected chi connectivity index (χ0v) is 14.2. The van der Waals surface area contributed by atoms with Crippen LogP contribution in [-0.2, 0) is 4.74 Å². The Labute approximate surface area is 146 Å². The van der Waals surface area contributed by atoms with Gasteiger partial charge in [0.05, 0.1) is 12.1 Å². The van der Waals surface area contributed by atoms with Crippen LogP contribution in [0.5, 0.6) is 0 Å². The van der Waals surface area contributed by atoms with Gasteiger partial charge in [-0.1, -0.05) is 23.7 Å². The van der Waals surface area contributed by atoms with E-state index in [1.165, 1.54) is 0 Å². The van der Waals surface area contributed by atoms with Gasteiger partial charge >= 0.3 is 0 Å². The number of hydrogen-bond donors (Lipinski definition) is 0. The van der Waals surface area contributed by atoms with Crippen molar-refractivity contribution in [2.75, 3.05) is 24.6 Å². The molecule has 5 heteroatoms. The Bertz CT molecular complexity index is 869.